The molecule has 7 nitrogen and oxygen atoms in total. The zero-order chi connectivity index (χ0) is 22.7. The third-order valence-corrected chi connectivity index (χ3v) is 7.41. The van der Waals surface area contributed by atoms with Crippen molar-refractivity contribution < 1.29 is 26.8 Å². The van der Waals surface area contributed by atoms with Crippen molar-refractivity contribution in [1.82, 2.24) is 9.29 Å². The van der Waals surface area contributed by atoms with E-state index in [4.69, 9.17) is 20.8 Å². The molecule has 1 aliphatic rings. The maximum Gasteiger partial charge on any atom is 0.309 e. The summed E-state index contributed by atoms with van der Waals surface area (Å²) >= 11 is 5.83. The first-order chi connectivity index (χ1) is 15.3. The van der Waals surface area contributed by atoms with Gasteiger partial charge in [-0.15, -0.1) is 0 Å². The molecule has 168 valence electrons. The minimum Gasteiger partial charge on any atom is -0.459 e. The molecule has 2 aromatic carbocycles. The van der Waals surface area contributed by atoms with E-state index in [1.807, 2.05) is 0 Å². The van der Waals surface area contributed by atoms with Crippen molar-refractivity contribution in [3.63, 3.8) is 0 Å². The van der Waals surface area contributed by atoms with Gasteiger partial charge in [-0.05, 0) is 61.4 Å². The molecule has 0 unspecified atom stereocenters. The molecule has 0 saturated carbocycles. The highest BCUT2D eigenvalue weighted by atomic mass is 35.5. The number of aromatic nitrogens is 1. The van der Waals surface area contributed by atoms with Crippen molar-refractivity contribution >= 4 is 27.6 Å². The molecule has 3 aromatic rings. The van der Waals surface area contributed by atoms with Crippen molar-refractivity contribution in [2.24, 2.45) is 5.92 Å². The van der Waals surface area contributed by atoms with E-state index in [2.05, 4.69) is 4.98 Å². The van der Waals surface area contributed by atoms with Crippen LogP contribution in [0.15, 0.2) is 64.1 Å². The van der Waals surface area contributed by atoms with Crippen LogP contribution in [0.1, 0.15) is 18.5 Å². The first kappa shape index (κ1) is 22.4. The molecule has 1 saturated heterocycles. The lowest BCUT2D eigenvalue weighted by molar-refractivity contribution is -0.151. The number of rotatable bonds is 6. The summed E-state index contributed by atoms with van der Waals surface area (Å²) in [6, 6.07) is 11.7. The summed E-state index contributed by atoms with van der Waals surface area (Å²) in [4.78, 5) is 16.9. The molecule has 0 spiro atoms. The highest BCUT2D eigenvalue weighted by Gasteiger charge is 2.32. The number of carbonyl (C=O) groups excluding carboxylic acids is 1. The highest BCUT2D eigenvalue weighted by molar-refractivity contribution is 7.89. The van der Waals surface area contributed by atoms with Crippen LogP contribution < -0.4 is 0 Å². The van der Waals surface area contributed by atoms with Gasteiger partial charge in [-0.25, -0.2) is 17.8 Å². The first-order valence-electron chi connectivity index (χ1n) is 9.95. The molecular weight excluding hydrogens is 459 g/mol. The maximum absolute atomic E-state index is 13.0. The molecule has 1 aliphatic heterocycles. The number of benzene rings is 2. The van der Waals surface area contributed by atoms with Crippen LogP contribution in [-0.4, -0.2) is 36.8 Å². The summed E-state index contributed by atoms with van der Waals surface area (Å²) in [5, 5.41) is 0.460. The van der Waals surface area contributed by atoms with E-state index in [1.165, 1.54) is 47.0 Å². The van der Waals surface area contributed by atoms with Crippen LogP contribution in [0.25, 0.3) is 11.5 Å². The summed E-state index contributed by atoms with van der Waals surface area (Å²) in [6.45, 7) is 0.389. The van der Waals surface area contributed by atoms with E-state index in [0.29, 0.717) is 35.0 Å². The molecule has 0 atom stereocenters. The summed E-state index contributed by atoms with van der Waals surface area (Å²) in [5.74, 6) is -0.853. The number of oxazole rings is 1. The average Bonchev–Trinajstić information content (AvgIpc) is 3.27. The van der Waals surface area contributed by atoms with E-state index in [1.54, 1.807) is 12.1 Å². The number of hydrogen-bond acceptors (Lipinski definition) is 6. The third-order valence-electron chi connectivity index (χ3n) is 5.24. The van der Waals surface area contributed by atoms with Gasteiger partial charge in [0.05, 0.1) is 10.8 Å². The minimum absolute atomic E-state index is 0.0627. The molecule has 0 aliphatic carbocycles. The molecule has 4 rings (SSSR count). The van der Waals surface area contributed by atoms with Gasteiger partial charge in [-0.2, -0.15) is 4.31 Å². The fraction of sp³-hybridized carbons (Fsp3) is 0.273. The van der Waals surface area contributed by atoms with Crippen molar-refractivity contribution in [3.05, 3.63) is 71.3 Å². The van der Waals surface area contributed by atoms with Gasteiger partial charge in [0.15, 0.2) is 0 Å². The highest BCUT2D eigenvalue weighted by Crippen LogP contribution is 2.26. The lowest BCUT2D eigenvalue weighted by Gasteiger charge is -2.30. The van der Waals surface area contributed by atoms with Crippen LogP contribution >= 0.6 is 11.6 Å². The fourth-order valence-corrected chi connectivity index (χ4v) is 5.04. The molecular formula is C22H20ClFN2O5S. The number of piperidine rings is 1. The van der Waals surface area contributed by atoms with Crippen molar-refractivity contribution in [1.29, 1.82) is 0 Å². The minimum atomic E-state index is -3.63. The number of nitrogens with zero attached hydrogens (tertiary/aromatic N) is 2. The molecule has 0 radical (unpaired) electrons. The summed E-state index contributed by atoms with van der Waals surface area (Å²) < 4.78 is 50.6. The molecule has 0 N–H and O–H groups in total. The Kier molecular flexibility index (Phi) is 6.59. The number of sulfonamides is 1. The second kappa shape index (κ2) is 9.40. The molecule has 2 heterocycles. The molecule has 1 fully saturated rings. The predicted molar refractivity (Wildman–Crippen MR) is 115 cm³/mol. The normalized spacial score (nSPS) is 15.6. The zero-order valence-corrected chi connectivity index (χ0v) is 18.5. The third kappa shape index (κ3) is 5.01. The van der Waals surface area contributed by atoms with E-state index in [9.17, 15) is 17.6 Å². The second-order valence-electron chi connectivity index (χ2n) is 7.39. The second-order valence-corrected chi connectivity index (χ2v) is 9.77. The molecule has 32 heavy (non-hydrogen) atoms. The van der Waals surface area contributed by atoms with Gasteiger partial charge >= 0.3 is 5.97 Å². The molecule has 1 aromatic heterocycles. The Labute approximate surface area is 189 Å². The first-order valence-corrected chi connectivity index (χ1v) is 11.8. The average molecular weight is 479 g/mol. The summed E-state index contributed by atoms with van der Waals surface area (Å²) in [6.07, 6.45) is 2.11. The molecule has 0 bridgehead atoms. The van der Waals surface area contributed by atoms with E-state index < -0.39 is 21.9 Å². The van der Waals surface area contributed by atoms with Crippen molar-refractivity contribution in [2.45, 2.75) is 24.3 Å². The van der Waals surface area contributed by atoms with Gasteiger partial charge in [-0.3, -0.25) is 4.79 Å². The fourth-order valence-electron chi connectivity index (χ4n) is 3.45. The van der Waals surface area contributed by atoms with Gasteiger partial charge in [0.1, 0.15) is 24.4 Å². The lowest BCUT2D eigenvalue weighted by atomic mass is 9.98. The Hall–Kier alpha value is -2.75. The van der Waals surface area contributed by atoms with Crippen molar-refractivity contribution in [2.75, 3.05) is 13.1 Å². The zero-order valence-electron chi connectivity index (χ0n) is 16.9. The van der Waals surface area contributed by atoms with Gasteiger partial charge in [0, 0.05) is 23.7 Å². The van der Waals surface area contributed by atoms with Crippen molar-refractivity contribution in [3.8, 4) is 11.5 Å². The van der Waals surface area contributed by atoms with E-state index in [0.717, 1.165) is 0 Å². The van der Waals surface area contributed by atoms with Crippen LogP contribution in [-0.2, 0) is 26.2 Å². The Morgan fingerprint density at radius 2 is 1.78 bits per heavy atom. The molecule has 10 heteroatoms. The van der Waals surface area contributed by atoms with Gasteiger partial charge in [0.25, 0.3) is 0 Å². The van der Waals surface area contributed by atoms with Gasteiger partial charge in [0.2, 0.25) is 15.9 Å². The number of hydrogen-bond donors (Lipinski definition) is 0. The standard InChI is InChI=1S/C22H20ClFN2O5S/c23-17-3-7-20(8-4-17)32(28,29)26-11-9-16(10-12-26)22(27)31-14-19-13-30-21(25-19)15-1-5-18(24)6-2-15/h1-8,13,16H,9-12,14H2. The number of carbonyl (C=O) groups is 1. The van der Waals surface area contributed by atoms with Crippen LogP contribution in [0.2, 0.25) is 5.02 Å². The Balaban J connectivity index is 1.29. The maximum atomic E-state index is 13.0. The predicted octanol–water partition coefficient (Wildman–Crippen LogP) is 4.28. The Morgan fingerprint density at radius 3 is 2.44 bits per heavy atom. The number of ether oxygens (including phenoxy) is 1. The van der Waals surface area contributed by atoms with Crippen LogP contribution in [0.4, 0.5) is 4.39 Å². The van der Waals surface area contributed by atoms with Crippen LogP contribution in [0, 0.1) is 11.7 Å². The van der Waals surface area contributed by atoms with Crippen LogP contribution in [0.5, 0.6) is 0 Å². The smallest absolute Gasteiger partial charge is 0.309 e. The quantitative estimate of drug-likeness (QED) is 0.491. The van der Waals surface area contributed by atoms with Crippen LogP contribution in [0.3, 0.4) is 0 Å². The van der Waals surface area contributed by atoms with Gasteiger partial charge < -0.3 is 9.15 Å². The number of esters is 1. The molecule has 0 amide bonds. The number of halogens is 2. The van der Waals surface area contributed by atoms with Gasteiger partial charge in [-0.1, -0.05) is 11.6 Å². The summed E-state index contributed by atoms with van der Waals surface area (Å²) in [5.41, 5.74) is 1.04. The Morgan fingerprint density at radius 1 is 1.12 bits per heavy atom. The monoisotopic (exact) mass is 478 g/mol. The Bertz CT molecular complexity index is 1190. The van der Waals surface area contributed by atoms with E-state index in [-0.39, 0.29) is 30.4 Å². The lowest BCUT2D eigenvalue weighted by Crippen LogP contribution is -2.40. The summed E-state index contributed by atoms with van der Waals surface area (Å²) in [7, 11) is -3.63. The SMILES string of the molecule is O=C(OCc1coc(-c2ccc(F)cc2)n1)C1CCN(S(=O)(=O)c2ccc(Cl)cc2)CC1. The van der Waals surface area contributed by atoms with E-state index >= 15 is 0 Å². The topological polar surface area (TPSA) is 89.7 Å². The largest absolute Gasteiger partial charge is 0.459 e.